The predicted octanol–water partition coefficient (Wildman–Crippen LogP) is 3.02. The first-order chi connectivity index (χ1) is 13.5. The Morgan fingerprint density at radius 2 is 2.11 bits per heavy atom. The molecular weight excluding hydrogens is 374 g/mol. The Kier molecular flexibility index (Phi) is 6.45. The van der Waals surface area contributed by atoms with Gasteiger partial charge in [0, 0.05) is 24.3 Å². The summed E-state index contributed by atoms with van der Waals surface area (Å²) >= 11 is 1.37. The molecule has 0 spiro atoms. The number of carbonyl (C=O) groups excluding carboxylic acids is 2. The summed E-state index contributed by atoms with van der Waals surface area (Å²) in [4.78, 5) is 27.2. The van der Waals surface area contributed by atoms with Crippen LogP contribution >= 0.6 is 11.3 Å². The number of nitrogens with zero attached hydrogens (tertiary/aromatic N) is 2. The summed E-state index contributed by atoms with van der Waals surface area (Å²) < 4.78 is 0. The third-order valence-electron chi connectivity index (χ3n) is 4.96. The number of nitriles is 1. The van der Waals surface area contributed by atoms with E-state index in [9.17, 15) is 14.9 Å². The quantitative estimate of drug-likeness (QED) is 0.783. The molecule has 3 rings (SSSR count). The van der Waals surface area contributed by atoms with Crippen molar-refractivity contribution >= 4 is 28.2 Å². The van der Waals surface area contributed by atoms with Gasteiger partial charge in [0.2, 0.25) is 11.8 Å². The Balaban J connectivity index is 1.71. The fraction of sp³-hybridized carbons (Fsp3) is 0.381. The van der Waals surface area contributed by atoms with Gasteiger partial charge in [-0.15, -0.1) is 11.3 Å². The minimum Gasteiger partial charge on any atom is -0.396 e. The summed E-state index contributed by atoms with van der Waals surface area (Å²) in [5.74, 6) is -0.144. The van der Waals surface area contributed by atoms with Crippen LogP contribution in [0.5, 0.6) is 0 Å². The lowest BCUT2D eigenvalue weighted by atomic mass is 9.97. The van der Waals surface area contributed by atoms with Crippen LogP contribution in [0.4, 0.5) is 5.00 Å². The zero-order valence-electron chi connectivity index (χ0n) is 15.8. The van der Waals surface area contributed by atoms with Crippen LogP contribution in [-0.4, -0.2) is 35.0 Å². The number of aliphatic hydroxyl groups is 1. The summed E-state index contributed by atoms with van der Waals surface area (Å²) in [5.41, 5.74) is 2.53. The van der Waals surface area contributed by atoms with Crippen LogP contribution < -0.4 is 5.32 Å². The van der Waals surface area contributed by atoms with Gasteiger partial charge in [0.05, 0.1) is 18.7 Å². The van der Waals surface area contributed by atoms with E-state index in [1.807, 2.05) is 37.3 Å². The number of carbonyl (C=O) groups is 2. The van der Waals surface area contributed by atoms with Crippen molar-refractivity contribution in [3.8, 4) is 6.07 Å². The Hall–Kier alpha value is -2.69. The van der Waals surface area contributed by atoms with Crippen LogP contribution in [-0.2, 0) is 22.6 Å². The predicted molar refractivity (Wildman–Crippen MR) is 108 cm³/mol. The fourth-order valence-electron chi connectivity index (χ4n) is 3.43. The van der Waals surface area contributed by atoms with Crippen LogP contribution in [0.1, 0.15) is 47.3 Å². The Morgan fingerprint density at radius 3 is 2.79 bits per heavy atom. The first kappa shape index (κ1) is 20.1. The molecule has 146 valence electrons. The molecule has 2 heterocycles. The fourth-order valence-corrected chi connectivity index (χ4v) is 4.66. The molecule has 7 heteroatoms. The largest absolute Gasteiger partial charge is 0.396 e. The summed E-state index contributed by atoms with van der Waals surface area (Å²) in [5, 5.41) is 22.0. The topological polar surface area (TPSA) is 93.4 Å². The Bertz CT molecular complexity index is 902. The van der Waals surface area contributed by atoms with Crippen LogP contribution in [0.3, 0.4) is 0 Å². The van der Waals surface area contributed by atoms with E-state index in [-0.39, 0.29) is 30.8 Å². The maximum atomic E-state index is 12.5. The number of hydrogen-bond donors (Lipinski definition) is 2. The molecule has 0 saturated carbocycles. The van der Waals surface area contributed by atoms with Gasteiger partial charge in [0.15, 0.2) is 0 Å². The van der Waals surface area contributed by atoms with E-state index in [2.05, 4.69) is 11.4 Å². The molecule has 0 fully saturated rings. The van der Waals surface area contributed by atoms with Crippen LogP contribution in [0.15, 0.2) is 30.3 Å². The Labute approximate surface area is 168 Å². The van der Waals surface area contributed by atoms with Crippen molar-refractivity contribution in [3.63, 3.8) is 0 Å². The minimum absolute atomic E-state index is 0.0768. The number of fused-ring (bicyclic) bond motifs is 1. The lowest BCUT2D eigenvalue weighted by molar-refractivity contribution is -0.132. The Morgan fingerprint density at radius 1 is 1.36 bits per heavy atom. The second-order valence-corrected chi connectivity index (χ2v) is 8.03. The molecule has 0 bridgehead atoms. The molecule has 1 aromatic carbocycles. The molecule has 2 amide bonds. The average molecular weight is 398 g/mol. The van der Waals surface area contributed by atoms with Gasteiger partial charge in [-0.3, -0.25) is 9.59 Å². The lowest BCUT2D eigenvalue weighted by Gasteiger charge is -2.26. The van der Waals surface area contributed by atoms with Gasteiger partial charge in [0.25, 0.3) is 0 Å². The third kappa shape index (κ3) is 4.41. The molecule has 1 aliphatic rings. The van der Waals surface area contributed by atoms with Crippen LogP contribution in [0.2, 0.25) is 0 Å². The number of thiophene rings is 1. The molecule has 0 aliphatic carbocycles. The van der Waals surface area contributed by atoms with E-state index in [4.69, 9.17) is 5.11 Å². The van der Waals surface area contributed by atoms with Crippen molar-refractivity contribution in [2.24, 2.45) is 0 Å². The smallest absolute Gasteiger partial charge is 0.225 e. The van der Waals surface area contributed by atoms with Gasteiger partial charge in [0.1, 0.15) is 11.1 Å². The maximum absolute atomic E-state index is 12.5. The van der Waals surface area contributed by atoms with Gasteiger partial charge < -0.3 is 15.3 Å². The van der Waals surface area contributed by atoms with Gasteiger partial charge in [-0.25, -0.2) is 0 Å². The monoisotopic (exact) mass is 397 g/mol. The summed E-state index contributed by atoms with van der Waals surface area (Å²) in [6.45, 7) is 2.78. The van der Waals surface area contributed by atoms with E-state index in [0.717, 1.165) is 16.0 Å². The molecule has 6 nitrogen and oxygen atoms in total. The number of nitrogens with one attached hydrogen (secondary N) is 1. The standard InChI is InChI=1S/C21H23N3O3S/c1-14(15-5-3-2-4-6-15)11-19(26)23-21-17(12-22)16-7-9-24(13-18(16)28-21)20(27)8-10-25/h2-6,14,25H,7-11,13H2,1H3,(H,23,26)/t14-/m0/s1. The van der Waals surface area contributed by atoms with E-state index in [0.29, 0.717) is 36.5 Å². The first-order valence-electron chi connectivity index (χ1n) is 9.31. The minimum atomic E-state index is -0.170. The van der Waals surface area contributed by atoms with Gasteiger partial charge in [-0.2, -0.15) is 5.26 Å². The van der Waals surface area contributed by atoms with E-state index >= 15 is 0 Å². The van der Waals surface area contributed by atoms with Gasteiger partial charge >= 0.3 is 0 Å². The normalized spacial score (nSPS) is 14.1. The maximum Gasteiger partial charge on any atom is 0.225 e. The van der Waals surface area contributed by atoms with Crippen molar-refractivity contribution in [1.82, 2.24) is 4.90 Å². The van der Waals surface area contributed by atoms with Crippen molar-refractivity contribution in [3.05, 3.63) is 51.9 Å². The van der Waals surface area contributed by atoms with E-state index in [1.165, 1.54) is 11.3 Å². The molecule has 0 unspecified atom stereocenters. The highest BCUT2D eigenvalue weighted by Gasteiger charge is 2.27. The molecule has 2 aromatic rings. The van der Waals surface area contributed by atoms with Gasteiger partial charge in [-0.1, -0.05) is 37.3 Å². The molecule has 0 radical (unpaired) electrons. The molecule has 0 saturated heterocycles. The van der Waals surface area contributed by atoms with Gasteiger partial charge in [-0.05, 0) is 23.5 Å². The lowest BCUT2D eigenvalue weighted by Crippen LogP contribution is -2.35. The van der Waals surface area contributed by atoms with Crippen molar-refractivity contribution < 1.29 is 14.7 Å². The molecule has 1 atom stereocenters. The summed E-state index contributed by atoms with van der Waals surface area (Å²) in [6, 6.07) is 12.1. The number of anilines is 1. The number of rotatable bonds is 6. The highest BCUT2D eigenvalue weighted by molar-refractivity contribution is 7.16. The zero-order chi connectivity index (χ0) is 20.1. The molecule has 28 heavy (non-hydrogen) atoms. The van der Waals surface area contributed by atoms with Crippen LogP contribution in [0, 0.1) is 11.3 Å². The SMILES string of the molecule is C[C@@H](CC(=O)Nc1sc2c(c1C#N)CCN(C(=O)CCO)C2)c1ccccc1. The molecule has 1 aromatic heterocycles. The van der Waals surface area contributed by atoms with Crippen molar-refractivity contribution in [2.45, 2.75) is 38.6 Å². The first-order valence-corrected chi connectivity index (χ1v) is 10.1. The highest BCUT2D eigenvalue weighted by atomic mass is 32.1. The number of benzene rings is 1. The second-order valence-electron chi connectivity index (χ2n) is 6.92. The number of hydrogen-bond acceptors (Lipinski definition) is 5. The molecule has 1 aliphatic heterocycles. The van der Waals surface area contributed by atoms with E-state index in [1.54, 1.807) is 4.90 Å². The van der Waals surface area contributed by atoms with E-state index < -0.39 is 0 Å². The average Bonchev–Trinajstić information content (AvgIpc) is 3.04. The summed E-state index contributed by atoms with van der Waals surface area (Å²) in [7, 11) is 0. The second kappa shape index (κ2) is 9.00. The third-order valence-corrected chi connectivity index (χ3v) is 6.09. The van der Waals surface area contributed by atoms with Crippen LogP contribution in [0.25, 0.3) is 0 Å². The zero-order valence-corrected chi connectivity index (χ0v) is 16.6. The van der Waals surface area contributed by atoms with Crippen molar-refractivity contribution in [2.75, 3.05) is 18.5 Å². The summed E-state index contributed by atoms with van der Waals surface area (Å²) in [6.07, 6.45) is 1.02. The molecule has 2 N–H and O–H groups in total. The number of amides is 2. The number of aliphatic hydroxyl groups excluding tert-OH is 1. The molecular formula is C21H23N3O3S. The highest BCUT2D eigenvalue weighted by Crippen LogP contribution is 2.37. The van der Waals surface area contributed by atoms with Crippen molar-refractivity contribution in [1.29, 1.82) is 5.26 Å².